The molecule has 0 saturated heterocycles. The third-order valence-electron chi connectivity index (χ3n) is 1.88. The van der Waals surface area contributed by atoms with Crippen LogP contribution in [-0.4, -0.2) is 34.4 Å². The van der Waals surface area contributed by atoms with Gasteiger partial charge >= 0.3 is 0 Å². The van der Waals surface area contributed by atoms with Gasteiger partial charge in [-0.2, -0.15) is 0 Å². The van der Waals surface area contributed by atoms with Crippen molar-refractivity contribution in [3.63, 3.8) is 0 Å². The first-order valence-corrected chi connectivity index (χ1v) is 4.70. The summed E-state index contributed by atoms with van der Waals surface area (Å²) in [6, 6.07) is -1.22. The van der Waals surface area contributed by atoms with Gasteiger partial charge in [0.15, 0.2) is 0 Å². The fraction of sp³-hybridized carbons (Fsp3) is 0.444. The molecule has 0 fully saturated rings. The minimum atomic E-state index is -1.41. The molecule has 0 saturated carbocycles. The summed E-state index contributed by atoms with van der Waals surface area (Å²) in [5, 5.41) is 21.8. The summed E-state index contributed by atoms with van der Waals surface area (Å²) >= 11 is 0. The number of imidazole rings is 1. The molecule has 1 rings (SSSR count). The molecule has 0 aromatic carbocycles. The Morgan fingerprint density at radius 2 is 2.29 bits per heavy atom. The summed E-state index contributed by atoms with van der Waals surface area (Å²) in [6.45, 7) is -0.105. The molecule has 1 aromatic rings. The number of aliphatic carboxylic acids is 1. The van der Waals surface area contributed by atoms with Crippen LogP contribution in [-0.2, 0) is 30.7 Å². The molecule has 2 N–H and O–H groups in total. The van der Waals surface area contributed by atoms with Crippen LogP contribution in [0.2, 0.25) is 0 Å². The molecule has 0 bridgehead atoms. The summed E-state index contributed by atoms with van der Waals surface area (Å²) < 4.78 is 0. The molecule has 0 unspecified atom stereocenters. The molecule has 1 atom stereocenters. The summed E-state index contributed by atoms with van der Waals surface area (Å²) in [5.74, 6) is -2.00. The fourth-order valence-electron chi connectivity index (χ4n) is 1.13. The molecule has 0 radical (unpaired) electrons. The van der Waals surface area contributed by atoms with Gasteiger partial charge in [0.1, 0.15) is 0 Å². The molecule has 90 valence electrons. The van der Waals surface area contributed by atoms with E-state index >= 15 is 0 Å². The zero-order valence-electron chi connectivity index (χ0n) is 9.18. The average molecular weight is 289 g/mol. The number of H-pyrrole nitrogens is 1. The van der Waals surface area contributed by atoms with Crippen LogP contribution in [0.15, 0.2) is 17.5 Å². The van der Waals surface area contributed by atoms with Crippen molar-refractivity contribution in [2.75, 3.05) is 6.54 Å². The normalized spacial score (nSPS) is 12.9. The zero-order valence-corrected chi connectivity index (χ0v) is 12.1. The Kier molecular flexibility index (Phi) is 7.33. The second kappa shape index (κ2) is 7.92. The van der Waals surface area contributed by atoms with Gasteiger partial charge in [-0.05, 0) is 12.3 Å². The first-order chi connectivity index (χ1) is 7.63. The molecular weight excluding hydrogens is 278 g/mol. The number of carbonyl (C=O) groups is 1. The van der Waals surface area contributed by atoms with E-state index in [9.17, 15) is 15.0 Å². The maximum atomic E-state index is 11.1. The Labute approximate surface area is 111 Å². The smallest absolute Gasteiger partial charge is 0.0936 e. The number of nitrogens with one attached hydrogen (secondary N) is 2. The predicted molar refractivity (Wildman–Crippen MR) is 52.3 cm³/mol. The molecule has 0 aliphatic heterocycles. The molecular formula is C9H11N4O3Zn-3. The van der Waals surface area contributed by atoms with E-state index in [0.29, 0.717) is 5.69 Å². The number of rotatable bonds is 6. The van der Waals surface area contributed by atoms with Crippen LogP contribution in [0, 0.1) is 0 Å². The first kappa shape index (κ1) is 15.7. The summed E-state index contributed by atoms with van der Waals surface area (Å²) in [4.78, 5) is 20.6. The van der Waals surface area contributed by atoms with Gasteiger partial charge in [-0.25, -0.2) is 4.98 Å². The monoisotopic (exact) mass is 287 g/mol. The van der Waals surface area contributed by atoms with Gasteiger partial charge < -0.3 is 25.7 Å². The van der Waals surface area contributed by atoms with Crippen LogP contribution in [0.3, 0.4) is 0 Å². The molecule has 0 aliphatic carbocycles. The number of aromatic nitrogens is 2. The summed E-state index contributed by atoms with van der Waals surface area (Å²) in [6.07, 6.45) is 2.83. The number of carbonyl (C=O) groups excluding carboxylic acids is 1. The number of aliphatic imine (C=N–C) groups is 1. The van der Waals surface area contributed by atoms with Gasteiger partial charge in [-0.3, -0.25) is 4.99 Å². The van der Waals surface area contributed by atoms with Crippen LogP contribution < -0.4 is 10.2 Å². The van der Waals surface area contributed by atoms with Crippen molar-refractivity contribution in [2.24, 2.45) is 4.99 Å². The van der Waals surface area contributed by atoms with Gasteiger partial charge in [0.2, 0.25) is 0 Å². The van der Waals surface area contributed by atoms with Gasteiger partial charge in [0, 0.05) is 37.8 Å². The zero-order chi connectivity index (χ0) is 12.0. The summed E-state index contributed by atoms with van der Waals surface area (Å²) in [7, 11) is 0. The SMILES string of the molecule is [NH-]CCC([O-])=N[C@H](Cc1cnc[nH]1)C(=O)[O-].[Zn]. The van der Waals surface area contributed by atoms with Gasteiger partial charge in [-0.1, -0.05) is 0 Å². The van der Waals surface area contributed by atoms with Crippen LogP contribution in [0.4, 0.5) is 0 Å². The van der Waals surface area contributed by atoms with E-state index in [1.807, 2.05) is 0 Å². The molecule has 8 heteroatoms. The van der Waals surface area contributed by atoms with Crippen LogP contribution >= 0.6 is 0 Å². The quantitative estimate of drug-likeness (QED) is 0.379. The van der Waals surface area contributed by atoms with Crippen molar-refractivity contribution in [1.29, 1.82) is 0 Å². The van der Waals surface area contributed by atoms with Crippen molar-refractivity contribution in [3.05, 3.63) is 24.0 Å². The average Bonchev–Trinajstić information content (AvgIpc) is 2.69. The number of nitrogens with zero attached hydrogens (tertiary/aromatic N) is 2. The first-order valence-electron chi connectivity index (χ1n) is 4.70. The van der Waals surface area contributed by atoms with Crippen molar-refractivity contribution in [2.45, 2.75) is 18.9 Å². The Bertz CT molecular complexity index is 366. The van der Waals surface area contributed by atoms with Gasteiger partial charge in [0.25, 0.3) is 0 Å². The Hall–Kier alpha value is -1.27. The Morgan fingerprint density at radius 3 is 2.76 bits per heavy atom. The maximum Gasteiger partial charge on any atom is 0.0936 e. The number of carboxylic acid groups (broad SMARTS) is 1. The van der Waals surface area contributed by atoms with Gasteiger partial charge in [0.05, 0.1) is 18.3 Å². The largest absolute Gasteiger partial charge is 0.862 e. The van der Waals surface area contributed by atoms with E-state index < -0.39 is 17.9 Å². The molecule has 7 nitrogen and oxygen atoms in total. The second-order valence-corrected chi connectivity index (χ2v) is 3.14. The van der Waals surface area contributed by atoms with Crippen LogP contribution in [0.25, 0.3) is 5.73 Å². The van der Waals surface area contributed by atoms with E-state index in [4.69, 9.17) is 5.73 Å². The van der Waals surface area contributed by atoms with E-state index in [2.05, 4.69) is 15.0 Å². The Balaban J connectivity index is 0.00000256. The molecule has 17 heavy (non-hydrogen) atoms. The third kappa shape index (κ3) is 5.56. The minimum Gasteiger partial charge on any atom is -0.862 e. The van der Waals surface area contributed by atoms with Crippen molar-refractivity contribution < 1.29 is 34.5 Å². The standard InChI is InChI=1S/C9H13N4O3.Zn/c10-2-1-8(14)13-7(9(15)16)3-6-4-11-5-12-6;/h4-5,7,10H,1-3H2,(H,11,12)(H,13,14)(H,15,16);/q-1;/p-2/t7-;/m1./s1. The Morgan fingerprint density at radius 1 is 1.59 bits per heavy atom. The van der Waals surface area contributed by atoms with Crippen molar-refractivity contribution in [3.8, 4) is 0 Å². The predicted octanol–water partition coefficient (Wildman–Crippen LogP) is -1.73. The molecule has 1 aromatic heterocycles. The van der Waals surface area contributed by atoms with E-state index in [0.717, 1.165) is 0 Å². The topological polar surface area (TPSA) is 128 Å². The van der Waals surface area contributed by atoms with E-state index in [1.165, 1.54) is 12.5 Å². The number of hydrogen-bond acceptors (Lipinski definition) is 5. The maximum absolute atomic E-state index is 11.1. The minimum absolute atomic E-state index is 0. The van der Waals surface area contributed by atoms with Crippen LogP contribution in [0.1, 0.15) is 12.1 Å². The fourth-order valence-corrected chi connectivity index (χ4v) is 1.13. The van der Waals surface area contributed by atoms with E-state index in [1.54, 1.807) is 0 Å². The molecule has 0 aliphatic rings. The van der Waals surface area contributed by atoms with Crippen LogP contribution in [0.5, 0.6) is 0 Å². The van der Waals surface area contributed by atoms with Crippen molar-refractivity contribution >= 4 is 11.9 Å². The number of aromatic amines is 1. The molecule has 0 spiro atoms. The van der Waals surface area contributed by atoms with Crippen molar-refractivity contribution in [1.82, 2.24) is 9.97 Å². The molecule has 1 heterocycles. The number of hydrogen-bond donors (Lipinski definition) is 1. The molecule has 0 amide bonds. The summed E-state index contributed by atoms with van der Waals surface area (Å²) in [5.41, 5.74) is 7.39. The third-order valence-corrected chi connectivity index (χ3v) is 1.88. The van der Waals surface area contributed by atoms with Gasteiger partial charge in [-0.15, -0.1) is 6.54 Å². The van der Waals surface area contributed by atoms with E-state index in [-0.39, 0.29) is 38.9 Å². The number of carboxylic acids is 1. The second-order valence-electron chi connectivity index (χ2n) is 3.14.